The molecule has 5 fully saturated rings. The Morgan fingerprint density at radius 1 is 1.24 bits per heavy atom. The van der Waals surface area contributed by atoms with Crippen molar-refractivity contribution in [3.8, 4) is 0 Å². The van der Waals surface area contributed by atoms with Gasteiger partial charge in [0.15, 0.2) is 0 Å². The van der Waals surface area contributed by atoms with Crippen LogP contribution < -0.4 is 3.53 Å². The van der Waals surface area contributed by atoms with Crippen LogP contribution in [0.4, 0.5) is 4.79 Å². The van der Waals surface area contributed by atoms with Gasteiger partial charge in [-0.05, 0) is 74.8 Å². The summed E-state index contributed by atoms with van der Waals surface area (Å²) in [6.07, 6.45) is 7.56. The smallest absolute Gasteiger partial charge is 0.410 e. The Hall–Kier alpha value is -1.38. The number of halogens is 1. The molecule has 1 N–H and O–H groups in total. The van der Waals surface area contributed by atoms with Gasteiger partial charge in [0.25, 0.3) is 0 Å². The lowest BCUT2D eigenvalue weighted by atomic mass is 9.48. The summed E-state index contributed by atoms with van der Waals surface area (Å²) in [5.74, 6) is 1.74. The molecular formula is C22H28IN3O3. The molecule has 29 heavy (non-hydrogen) atoms. The molecule has 4 bridgehead atoms. The van der Waals surface area contributed by atoms with Gasteiger partial charge in [0, 0.05) is 30.9 Å². The maximum absolute atomic E-state index is 12.9. The van der Waals surface area contributed by atoms with Crippen LogP contribution in [0.2, 0.25) is 0 Å². The zero-order valence-electron chi connectivity index (χ0n) is 16.8. The molecule has 2 heterocycles. The second-order valence-electron chi connectivity index (χ2n) is 9.71. The van der Waals surface area contributed by atoms with Crippen LogP contribution >= 0.6 is 22.9 Å². The summed E-state index contributed by atoms with van der Waals surface area (Å²) in [7, 11) is 0. The first-order chi connectivity index (χ1) is 14.0. The minimum atomic E-state index is -0.226. The van der Waals surface area contributed by atoms with Crippen molar-refractivity contribution in [1.29, 1.82) is 0 Å². The standard InChI is InChI=1S/C22H28IN3O3/c1-13-2-3-18(24-11-13)15-4-5-26(12-15)21(28)29-19-16-6-14-7-17(19)10-22(8-14,9-16)20(27)25-23/h2-3,11,14-17,19H,4-10,12H2,1H3,(H,25,27). The van der Waals surface area contributed by atoms with E-state index in [-0.39, 0.29) is 29.4 Å². The Labute approximate surface area is 185 Å². The maximum atomic E-state index is 12.9. The predicted octanol–water partition coefficient (Wildman–Crippen LogP) is 3.98. The van der Waals surface area contributed by atoms with Crippen LogP contribution in [0.25, 0.3) is 0 Å². The fourth-order valence-corrected chi connectivity index (χ4v) is 7.20. The van der Waals surface area contributed by atoms with Gasteiger partial charge in [-0.3, -0.25) is 13.3 Å². The first-order valence-corrected chi connectivity index (χ1v) is 11.8. The Balaban J connectivity index is 1.23. The quantitative estimate of drug-likeness (QED) is 0.495. The van der Waals surface area contributed by atoms with Crippen LogP contribution in [0.1, 0.15) is 55.7 Å². The van der Waals surface area contributed by atoms with E-state index in [4.69, 9.17) is 4.74 Å². The number of aromatic nitrogens is 1. The molecule has 0 aromatic carbocycles. The molecule has 3 atom stereocenters. The lowest BCUT2D eigenvalue weighted by Gasteiger charge is -2.58. The van der Waals surface area contributed by atoms with Crippen LogP contribution in [0.5, 0.6) is 0 Å². The van der Waals surface area contributed by atoms with E-state index < -0.39 is 0 Å². The van der Waals surface area contributed by atoms with Gasteiger partial charge >= 0.3 is 6.09 Å². The van der Waals surface area contributed by atoms with Gasteiger partial charge in [-0.15, -0.1) is 0 Å². The average Bonchev–Trinajstić information content (AvgIpc) is 3.20. The summed E-state index contributed by atoms with van der Waals surface area (Å²) in [6.45, 7) is 3.44. The van der Waals surface area contributed by atoms with E-state index in [2.05, 4.69) is 20.6 Å². The first-order valence-electron chi connectivity index (χ1n) is 10.8. The SMILES string of the molecule is Cc1ccc(C2CCN(C(=O)OC3C4CC5CC3CC(C(=O)NI)(C5)C4)C2)nc1. The van der Waals surface area contributed by atoms with Crippen LogP contribution in [-0.4, -0.2) is 41.1 Å². The van der Waals surface area contributed by atoms with E-state index in [0.717, 1.165) is 56.3 Å². The summed E-state index contributed by atoms with van der Waals surface area (Å²) in [4.78, 5) is 31.9. The van der Waals surface area contributed by atoms with Crippen molar-refractivity contribution in [3.63, 3.8) is 0 Å². The highest BCUT2D eigenvalue weighted by atomic mass is 127. The van der Waals surface area contributed by atoms with E-state index >= 15 is 0 Å². The van der Waals surface area contributed by atoms with E-state index in [1.165, 1.54) is 0 Å². The van der Waals surface area contributed by atoms with Crippen molar-refractivity contribution in [1.82, 2.24) is 13.4 Å². The van der Waals surface area contributed by atoms with Gasteiger partial charge in [0.05, 0.1) is 28.3 Å². The zero-order chi connectivity index (χ0) is 20.2. The molecule has 1 aromatic rings. The normalized spacial score (nSPS) is 37.6. The average molecular weight is 509 g/mol. The van der Waals surface area contributed by atoms with Crippen molar-refractivity contribution in [2.24, 2.45) is 23.2 Å². The van der Waals surface area contributed by atoms with Crippen LogP contribution in [-0.2, 0) is 9.53 Å². The summed E-state index contributed by atoms with van der Waals surface area (Å²) >= 11 is 1.96. The van der Waals surface area contributed by atoms with Crippen molar-refractivity contribution in [2.45, 2.75) is 57.5 Å². The fourth-order valence-electron chi connectivity index (χ4n) is 6.63. The van der Waals surface area contributed by atoms with Crippen molar-refractivity contribution in [3.05, 3.63) is 29.6 Å². The van der Waals surface area contributed by atoms with E-state index in [1.807, 2.05) is 40.9 Å². The lowest BCUT2D eigenvalue weighted by Crippen LogP contribution is -2.59. The van der Waals surface area contributed by atoms with Crippen LogP contribution in [0.15, 0.2) is 18.3 Å². The van der Waals surface area contributed by atoms with Crippen LogP contribution in [0.3, 0.4) is 0 Å². The first kappa shape index (κ1) is 19.6. The third-order valence-electron chi connectivity index (χ3n) is 7.79. The summed E-state index contributed by atoms with van der Waals surface area (Å²) < 4.78 is 8.96. The number of carbonyl (C=O) groups excluding carboxylic acids is 2. The van der Waals surface area contributed by atoms with E-state index in [0.29, 0.717) is 24.3 Å². The molecule has 6 rings (SSSR count). The molecule has 2 amide bonds. The highest BCUT2D eigenvalue weighted by Gasteiger charge is 2.59. The largest absolute Gasteiger partial charge is 0.446 e. The summed E-state index contributed by atoms with van der Waals surface area (Å²) in [5, 5.41) is 0. The van der Waals surface area contributed by atoms with Gasteiger partial charge in [0.2, 0.25) is 5.91 Å². The molecule has 7 heteroatoms. The minimum absolute atomic E-state index is 0.0225. The molecule has 156 valence electrons. The minimum Gasteiger partial charge on any atom is -0.446 e. The van der Waals surface area contributed by atoms with Crippen molar-refractivity contribution in [2.75, 3.05) is 13.1 Å². The molecule has 1 saturated heterocycles. The zero-order valence-corrected chi connectivity index (χ0v) is 18.9. The number of likely N-dealkylation sites (tertiary alicyclic amines) is 1. The molecule has 3 unspecified atom stereocenters. The second kappa shape index (κ2) is 7.39. The Bertz CT molecular complexity index is 798. The highest BCUT2D eigenvalue weighted by molar-refractivity contribution is 14.1. The second-order valence-corrected chi connectivity index (χ2v) is 10.3. The number of ether oxygens (including phenoxy) is 1. The van der Waals surface area contributed by atoms with Crippen molar-refractivity contribution < 1.29 is 14.3 Å². The summed E-state index contributed by atoms with van der Waals surface area (Å²) in [6, 6.07) is 4.16. The number of carbonyl (C=O) groups is 2. The molecule has 4 saturated carbocycles. The fraction of sp³-hybridized carbons (Fsp3) is 0.682. The summed E-state index contributed by atoms with van der Waals surface area (Å²) in [5.41, 5.74) is 1.99. The van der Waals surface area contributed by atoms with E-state index in [1.54, 1.807) is 0 Å². The van der Waals surface area contributed by atoms with Crippen molar-refractivity contribution >= 4 is 34.9 Å². The van der Waals surface area contributed by atoms with Crippen LogP contribution in [0, 0.1) is 30.1 Å². The van der Waals surface area contributed by atoms with Gasteiger partial charge in [-0.2, -0.15) is 0 Å². The predicted molar refractivity (Wildman–Crippen MR) is 116 cm³/mol. The highest BCUT2D eigenvalue weighted by Crippen LogP contribution is 2.61. The molecule has 6 nitrogen and oxygen atoms in total. The number of amides is 2. The number of hydrogen-bond acceptors (Lipinski definition) is 4. The topological polar surface area (TPSA) is 71.5 Å². The molecule has 0 spiro atoms. The lowest BCUT2D eigenvalue weighted by molar-refractivity contribution is -0.162. The molecule has 5 aliphatic rings. The van der Waals surface area contributed by atoms with E-state index in [9.17, 15) is 9.59 Å². The number of hydrogen-bond donors (Lipinski definition) is 1. The number of rotatable bonds is 3. The third-order valence-corrected chi connectivity index (χ3v) is 8.28. The number of nitrogens with one attached hydrogen (secondary N) is 1. The molecule has 1 aromatic heterocycles. The van der Waals surface area contributed by atoms with Gasteiger partial charge < -0.3 is 9.64 Å². The van der Waals surface area contributed by atoms with Gasteiger partial charge in [-0.1, -0.05) is 6.07 Å². The van der Waals surface area contributed by atoms with Gasteiger partial charge in [-0.25, -0.2) is 4.79 Å². The molecule has 1 aliphatic heterocycles. The number of nitrogens with zero attached hydrogens (tertiary/aromatic N) is 2. The Morgan fingerprint density at radius 2 is 2.00 bits per heavy atom. The molecule has 0 radical (unpaired) electrons. The number of pyridine rings is 1. The Morgan fingerprint density at radius 3 is 2.66 bits per heavy atom. The molecular weight excluding hydrogens is 481 g/mol. The Kier molecular flexibility index (Phi) is 4.99. The number of aryl methyl sites for hydroxylation is 1. The third kappa shape index (κ3) is 3.43. The molecule has 4 aliphatic carbocycles. The van der Waals surface area contributed by atoms with Gasteiger partial charge in [0.1, 0.15) is 6.10 Å². The maximum Gasteiger partial charge on any atom is 0.410 e. The monoisotopic (exact) mass is 509 g/mol.